The minimum absolute atomic E-state index is 0.0148. The van der Waals surface area contributed by atoms with Gasteiger partial charge >= 0.3 is 6.18 Å². The zero-order valence-electron chi connectivity index (χ0n) is 21.9. The summed E-state index contributed by atoms with van der Waals surface area (Å²) >= 11 is 0. The summed E-state index contributed by atoms with van der Waals surface area (Å²) in [4.78, 5) is 44.4. The molecule has 1 aliphatic heterocycles. The lowest BCUT2D eigenvalue weighted by Crippen LogP contribution is -2.41. The van der Waals surface area contributed by atoms with Crippen LogP contribution >= 0.6 is 0 Å². The minimum Gasteiger partial charge on any atom is -0.345 e. The average Bonchev–Trinajstić information content (AvgIpc) is 2.96. The van der Waals surface area contributed by atoms with Crippen molar-refractivity contribution in [3.05, 3.63) is 59.7 Å². The highest BCUT2D eigenvalue weighted by Crippen LogP contribution is 2.32. The van der Waals surface area contributed by atoms with Crippen molar-refractivity contribution in [1.29, 1.82) is 0 Å². The van der Waals surface area contributed by atoms with Gasteiger partial charge in [0.15, 0.2) is 6.04 Å². The molecule has 0 radical (unpaired) electrons. The second kappa shape index (κ2) is 11.8. The van der Waals surface area contributed by atoms with Crippen molar-refractivity contribution in [3.63, 3.8) is 0 Å². The number of nitrogens with zero attached hydrogens (tertiary/aromatic N) is 2. The third kappa shape index (κ3) is 8.16. The second-order valence-electron chi connectivity index (χ2n) is 10.6. The molecular formula is C28H33F3N4O3. The lowest BCUT2D eigenvalue weighted by molar-refractivity contribution is -0.144. The van der Waals surface area contributed by atoms with Gasteiger partial charge in [0, 0.05) is 30.4 Å². The Bertz CT molecular complexity index is 1200. The van der Waals surface area contributed by atoms with Crippen LogP contribution in [-0.4, -0.2) is 42.7 Å². The van der Waals surface area contributed by atoms with Crippen LogP contribution in [0.2, 0.25) is 0 Å². The Morgan fingerprint density at radius 2 is 1.76 bits per heavy atom. The van der Waals surface area contributed by atoms with Crippen molar-refractivity contribution in [3.8, 4) is 0 Å². The molecule has 0 aliphatic carbocycles. The van der Waals surface area contributed by atoms with Crippen molar-refractivity contribution >= 4 is 35.3 Å². The third-order valence-electron chi connectivity index (χ3n) is 6.05. The number of anilines is 2. The fourth-order valence-corrected chi connectivity index (χ4v) is 3.91. The summed E-state index contributed by atoms with van der Waals surface area (Å²) in [5.41, 5.74) is 2.57. The molecule has 38 heavy (non-hydrogen) atoms. The molecule has 0 fully saturated rings. The highest BCUT2D eigenvalue weighted by atomic mass is 19.4. The maximum absolute atomic E-state index is 13.7. The SMILES string of the molecule is C[C@H](NC(=O)CCC(F)(F)F)C(=O)Nc1cccc(C2N=Cc3ccccc3N(CCC(C)(C)C)C2=O)c1. The Hall–Kier alpha value is -3.69. The topological polar surface area (TPSA) is 90.9 Å². The minimum atomic E-state index is -4.45. The fourth-order valence-electron chi connectivity index (χ4n) is 3.91. The first-order valence-electron chi connectivity index (χ1n) is 12.4. The van der Waals surface area contributed by atoms with E-state index in [2.05, 4.69) is 36.4 Å². The number of para-hydroxylation sites is 1. The first-order valence-corrected chi connectivity index (χ1v) is 12.4. The van der Waals surface area contributed by atoms with Gasteiger partial charge in [0.2, 0.25) is 11.8 Å². The first kappa shape index (κ1) is 28.9. The van der Waals surface area contributed by atoms with Gasteiger partial charge in [-0.3, -0.25) is 19.4 Å². The van der Waals surface area contributed by atoms with Gasteiger partial charge < -0.3 is 15.5 Å². The van der Waals surface area contributed by atoms with Gasteiger partial charge in [-0.2, -0.15) is 13.2 Å². The number of nitrogens with one attached hydrogen (secondary N) is 2. The largest absolute Gasteiger partial charge is 0.389 e. The number of hydrogen-bond acceptors (Lipinski definition) is 4. The Balaban J connectivity index is 1.75. The number of alkyl halides is 3. The molecule has 0 aromatic heterocycles. The molecule has 10 heteroatoms. The number of hydrogen-bond donors (Lipinski definition) is 2. The quantitative estimate of drug-likeness (QED) is 0.478. The molecule has 2 atom stereocenters. The standard InChI is InChI=1S/C28H33F3N4O3/c1-18(33-23(36)12-13-28(29,30)31)25(37)34-21-10-7-9-19(16-21)24-26(38)35(15-14-27(2,3)4)22-11-6-5-8-20(22)17-32-24/h5-11,16-18,24H,12-15H2,1-4H3,(H,33,36)(H,34,37)/t18-,24?/m0/s1. The molecule has 204 valence electrons. The van der Waals surface area contributed by atoms with Crippen LogP contribution < -0.4 is 15.5 Å². The molecule has 7 nitrogen and oxygen atoms in total. The Labute approximate surface area is 220 Å². The third-order valence-corrected chi connectivity index (χ3v) is 6.05. The van der Waals surface area contributed by atoms with Gasteiger partial charge in [-0.05, 0) is 42.5 Å². The van der Waals surface area contributed by atoms with Gasteiger partial charge in [0.25, 0.3) is 5.91 Å². The molecule has 2 aromatic carbocycles. The number of amides is 3. The zero-order valence-corrected chi connectivity index (χ0v) is 21.9. The normalized spacial score (nSPS) is 16.4. The van der Waals surface area contributed by atoms with Crippen molar-refractivity contribution < 1.29 is 27.6 Å². The van der Waals surface area contributed by atoms with Crippen LogP contribution in [0.5, 0.6) is 0 Å². The molecule has 0 saturated heterocycles. The Kier molecular flexibility index (Phi) is 8.96. The van der Waals surface area contributed by atoms with Gasteiger partial charge in [0.1, 0.15) is 6.04 Å². The fraction of sp³-hybridized carbons (Fsp3) is 0.429. The number of benzodiazepines with no additional fused rings is 1. The van der Waals surface area contributed by atoms with Crippen LogP contribution in [0.3, 0.4) is 0 Å². The number of halogens is 3. The summed E-state index contributed by atoms with van der Waals surface area (Å²) in [5, 5.41) is 4.92. The van der Waals surface area contributed by atoms with E-state index in [0.29, 0.717) is 17.8 Å². The summed E-state index contributed by atoms with van der Waals surface area (Å²) < 4.78 is 37.0. The van der Waals surface area contributed by atoms with E-state index in [1.165, 1.54) is 6.92 Å². The summed E-state index contributed by atoms with van der Waals surface area (Å²) in [6.45, 7) is 8.23. The highest BCUT2D eigenvalue weighted by molar-refractivity contribution is 6.05. The summed E-state index contributed by atoms with van der Waals surface area (Å²) in [6.07, 6.45) is -4.01. The van der Waals surface area contributed by atoms with E-state index in [4.69, 9.17) is 0 Å². The molecule has 1 heterocycles. The summed E-state index contributed by atoms with van der Waals surface area (Å²) in [6, 6.07) is 12.3. The van der Waals surface area contributed by atoms with E-state index in [1.54, 1.807) is 35.4 Å². The molecule has 0 bridgehead atoms. The van der Waals surface area contributed by atoms with Crippen molar-refractivity contribution in [2.45, 2.75) is 65.2 Å². The van der Waals surface area contributed by atoms with Crippen LogP contribution in [0.1, 0.15) is 64.1 Å². The smallest absolute Gasteiger partial charge is 0.345 e. The van der Waals surface area contributed by atoms with Gasteiger partial charge in [-0.25, -0.2) is 0 Å². The van der Waals surface area contributed by atoms with Crippen LogP contribution in [0.15, 0.2) is 53.5 Å². The van der Waals surface area contributed by atoms with Gasteiger partial charge in [-0.15, -0.1) is 0 Å². The molecule has 2 N–H and O–H groups in total. The number of benzene rings is 2. The molecule has 1 unspecified atom stereocenters. The van der Waals surface area contributed by atoms with E-state index in [0.717, 1.165) is 17.7 Å². The van der Waals surface area contributed by atoms with Crippen LogP contribution in [-0.2, 0) is 14.4 Å². The van der Waals surface area contributed by atoms with Crippen molar-refractivity contribution in [2.24, 2.45) is 10.4 Å². The Morgan fingerprint density at radius 1 is 1.05 bits per heavy atom. The molecular weight excluding hydrogens is 497 g/mol. The monoisotopic (exact) mass is 530 g/mol. The maximum atomic E-state index is 13.7. The van der Waals surface area contributed by atoms with Gasteiger partial charge in [0.05, 0.1) is 12.1 Å². The lowest BCUT2D eigenvalue weighted by Gasteiger charge is -2.29. The maximum Gasteiger partial charge on any atom is 0.389 e. The van der Waals surface area contributed by atoms with E-state index >= 15 is 0 Å². The van der Waals surface area contributed by atoms with E-state index < -0.39 is 42.9 Å². The molecule has 2 aromatic rings. The summed E-state index contributed by atoms with van der Waals surface area (Å²) in [7, 11) is 0. The zero-order chi connectivity index (χ0) is 28.1. The van der Waals surface area contributed by atoms with E-state index in [1.807, 2.05) is 24.3 Å². The number of aliphatic imine (C=N–C) groups is 1. The molecule has 0 saturated carbocycles. The number of carbonyl (C=O) groups excluding carboxylic acids is 3. The van der Waals surface area contributed by atoms with Crippen LogP contribution in [0, 0.1) is 5.41 Å². The Morgan fingerprint density at radius 3 is 2.45 bits per heavy atom. The second-order valence-corrected chi connectivity index (χ2v) is 10.6. The lowest BCUT2D eigenvalue weighted by atomic mass is 9.91. The van der Waals surface area contributed by atoms with Gasteiger partial charge in [-0.1, -0.05) is 51.1 Å². The molecule has 1 aliphatic rings. The van der Waals surface area contributed by atoms with E-state index in [-0.39, 0.29) is 11.3 Å². The predicted octanol–water partition coefficient (Wildman–Crippen LogP) is 5.42. The number of fused-ring (bicyclic) bond motifs is 1. The van der Waals surface area contributed by atoms with Crippen molar-refractivity contribution in [1.82, 2.24) is 5.32 Å². The van der Waals surface area contributed by atoms with Crippen LogP contribution in [0.4, 0.5) is 24.5 Å². The highest BCUT2D eigenvalue weighted by Gasteiger charge is 2.31. The molecule has 3 rings (SSSR count). The summed E-state index contributed by atoms with van der Waals surface area (Å²) in [5.74, 6) is -1.66. The van der Waals surface area contributed by atoms with Crippen molar-refractivity contribution in [2.75, 3.05) is 16.8 Å². The first-order chi connectivity index (χ1) is 17.7. The molecule has 3 amide bonds. The molecule has 0 spiro atoms. The van der Waals surface area contributed by atoms with E-state index in [9.17, 15) is 27.6 Å². The number of rotatable bonds is 8. The van der Waals surface area contributed by atoms with Crippen LogP contribution in [0.25, 0.3) is 0 Å². The number of carbonyl (C=O) groups is 3. The average molecular weight is 531 g/mol. The predicted molar refractivity (Wildman–Crippen MR) is 141 cm³/mol.